The summed E-state index contributed by atoms with van der Waals surface area (Å²) in [7, 11) is -3.88. The molecule has 0 aromatic heterocycles. The molecule has 0 spiro atoms. The van der Waals surface area contributed by atoms with Gasteiger partial charge in [-0.3, -0.25) is 14.2 Å². The smallest absolute Gasteiger partial charge is 0.340 e. The Morgan fingerprint density at radius 1 is 1.23 bits per heavy atom. The number of carbonyl (C=O) groups is 1. The molecule has 0 saturated carbocycles. The third-order valence-electron chi connectivity index (χ3n) is 3.99. The molecule has 1 rings (SSSR count). The third kappa shape index (κ3) is 7.20. The van der Waals surface area contributed by atoms with Gasteiger partial charge in [-0.1, -0.05) is 26.7 Å². The number of carbonyl (C=O) groups excluding carboxylic acids is 1. The van der Waals surface area contributed by atoms with Gasteiger partial charge in [0.1, 0.15) is 0 Å². The van der Waals surface area contributed by atoms with Crippen LogP contribution in [0.25, 0.3) is 0 Å². The van der Waals surface area contributed by atoms with Gasteiger partial charge in [0, 0.05) is 38.6 Å². The van der Waals surface area contributed by atoms with Gasteiger partial charge in [-0.25, -0.2) is 10.1 Å². The van der Waals surface area contributed by atoms with E-state index in [1.165, 1.54) is 0 Å². The van der Waals surface area contributed by atoms with Gasteiger partial charge in [0.05, 0.1) is 6.61 Å². The molecule has 0 aliphatic carbocycles. The fourth-order valence-corrected chi connectivity index (χ4v) is 3.18. The Kier molecular flexibility index (Phi) is 8.57. The van der Waals surface area contributed by atoms with Crippen molar-refractivity contribution in [1.29, 1.82) is 0 Å². The molecule has 0 aromatic carbocycles. The Hall–Kier alpha value is -0.460. The van der Waals surface area contributed by atoms with Gasteiger partial charge in [0.15, 0.2) is 0 Å². The quantitative estimate of drug-likeness (QED) is 0.619. The van der Waals surface area contributed by atoms with Crippen molar-refractivity contribution in [3.63, 3.8) is 0 Å². The van der Waals surface area contributed by atoms with Crippen LogP contribution < -0.4 is 5.50 Å². The highest BCUT2D eigenvalue weighted by atomic mass is 31.2. The largest absolute Gasteiger partial charge is 0.400 e. The molecule has 1 aliphatic heterocycles. The lowest BCUT2D eigenvalue weighted by Crippen LogP contribution is -2.50. The molecule has 1 unspecified atom stereocenters. The Labute approximate surface area is 133 Å². The zero-order valence-electron chi connectivity index (χ0n) is 13.7. The lowest BCUT2D eigenvalue weighted by molar-refractivity contribution is -0.137. The summed E-state index contributed by atoms with van der Waals surface area (Å²) in [6.45, 7) is 7.87. The van der Waals surface area contributed by atoms with E-state index in [9.17, 15) is 9.36 Å². The minimum Gasteiger partial charge on any atom is -0.340 e. The number of nitrogens with two attached hydrogens (primary N) is 1. The fourth-order valence-electron chi connectivity index (χ4n) is 2.84. The Balaban J connectivity index is 2.34. The number of hydrogen-bond acceptors (Lipinski definition) is 4. The fraction of sp³-hybridized carbons (Fsp3) is 0.929. The highest BCUT2D eigenvalue weighted by molar-refractivity contribution is 7.50. The standard InChI is InChI=1S/C14H30N3O4P/c1-3-5-13(6-4-2)14(18)17-9-7-16(8-10-17)11-12-21-22(15,19)20/h13H,3-12H2,1-2H3,(H3,15,19,20). The summed E-state index contributed by atoms with van der Waals surface area (Å²) in [6.07, 6.45) is 3.99. The molecular weight excluding hydrogens is 305 g/mol. The average Bonchev–Trinajstić information content (AvgIpc) is 2.46. The molecule has 7 nitrogen and oxygen atoms in total. The van der Waals surface area contributed by atoms with Crippen molar-refractivity contribution in [3.05, 3.63) is 0 Å². The van der Waals surface area contributed by atoms with Crippen molar-refractivity contribution in [3.8, 4) is 0 Å². The predicted octanol–water partition coefficient (Wildman–Crippen LogP) is 1.42. The average molecular weight is 335 g/mol. The van der Waals surface area contributed by atoms with Gasteiger partial charge in [-0.2, -0.15) is 0 Å². The molecule has 0 radical (unpaired) electrons. The molecule has 8 heteroatoms. The van der Waals surface area contributed by atoms with Crippen LogP contribution in [0, 0.1) is 5.92 Å². The number of amides is 1. The van der Waals surface area contributed by atoms with Crippen molar-refractivity contribution in [1.82, 2.24) is 9.80 Å². The molecule has 1 heterocycles. The van der Waals surface area contributed by atoms with Crippen LogP contribution in [0.2, 0.25) is 0 Å². The molecular formula is C14H30N3O4P. The lowest BCUT2D eigenvalue weighted by Gasteiger charge is -2.36. The Morgan fingerprint density at radius 2 is 1.77 bits per heavy atom. The first-order chi connectivity index (χ1) is 10.4. The van der Waals surface area contributed by atoms with E-state index in [4.69, 9.17) is 10.4 Å². The molecule has 0 aromatic rings. The number of hydrogen-bond donors (Lipinski definition) is 2. The molecule has 1 aliphatic rings. The zero-order valence-corrected chi connectivity index (χ0v) is 14.6. The van der Waals surface area contributed by atoms with E-state index in [0.717, 1.165) is 38.8 Å². The highest BCUT2D eigenvalue weighted by Crippen LogP contribution is 2.30. The van der Waals surface area contributed by atoms with Gasteiger partial charge in [-0.05, 0) is 12.8 Å². The minimum atomic E-state index is -3.88. The van der Waals surface area contributed by atoms with E-state index in [1.807, 2.05) is 4.90 Å². The zero-order chi connectivity index (χ0) is 16.6. The van der Waals surface area contributed by atoms with E-state index < -0.39 is 7.75 Å². The van der Waals surface area contributed by atoms with Crippen LogP contribution in [0.4, 0.5) is 0 Å². The molecule has 1 amide bonds. The van der Waals surface area contributed by atoms with Gasteiger partial charge in [-0.15, -0.1) is 0 Å². The SMILES string of the molecule is CCCC(CCC)C(=O)N1CCN(CCOP(N)(=O)O)CC1. The first-order valence-corrected chi connectivity index (χ1v) is 9.79. The van der Waals surface area contributed by atoms with Gasteiger partial charge >= 0.3 is 7.75 Å². The summed E-state index contributed by atoms with van der Waals surface area (Å²) in [4.78, 5) is 25.5. The van der Waals surface area contributed by atoms with E-state index in [2.05, 4.69) is 23.3 Å². The highest BCUT2D eigenvalue weighted by Gasteiger charge is 2.26. The number of rotatable bonds is 9. The monoisotopic (exact) mass is 335 g/mol. The summed E-state index contributed by atoms with van der Waals surface area (Å²) in [5.74, 6) is 0.434. The van der Waals surface area contributed by atoms with Crippen LogP contribution in [0.15, 0.2) is 0 Å². The van der Waals surface area contributed by atoms with Crippen molar-refractivity contribution in [2.24, 2.45) is 11.4 Å². The predicted molar refractivity (Wildman–Crippen MR) is 86.3 cm³/mol. The molecule has 130 valence electrons. The van der Waals surface area contributed by atoms with Gasteiger partial charge in [0.25, 0.3) is 0 Å². The van der Waals surface area contributed by atoms with Crippen LogP contribution in [0.5, 0.6) is 0 Å². The second kappa shape index (κ2) is 9.63. The topological polar surface area (TPSA) is 96.1 Å². The maximum absolute atomic E-state index is 12.5. The van der Waals surface area contributed by atoms with E-state index in [1.54, 1.807) is 0 Å². The van der Waals surface area contributed by atoms with Crippen LogP contribution in [-0.2, 0) is 13.9 Å². The van der Waals surface area contributed by atoms with Crippen molar-refractivity contribution in [2.75, 3.05) is 39.3 Å². The number of nitrogens with zero attached hydrogens (tertiary/aromatic N) is 2. The lowest BCUT2D eigenvalue weighted by atomic mass is 9.96. The van der Waals surface area contributed by atoms with Gasteiger partial charge in [0.2, 0.25) is 5.91 Å². The van der Waals surface area contributed by atoms with E-state index in [-0.39, 0.29) is 18.4 Å². The van der Waals surface area contributed by atoms with Crippen LogP contribution in [-0.4, -0.2) is 59.9 Å². The second-order valence-electron chi connectivity index (χ2n) is 5.84. The minimum absolute atomic E-state index is 0.131. The van der Waals surface area contributed by atoms with E-state index in [0.29, 0.717) is 19.6 Å². The summed E-state index contributed by atoms with van der Waals surface area (Å²) in [5, 5.41) is 0. The van der Waals surface area contributed by atoms with Crippen molar-refractivity contribution >= 4 is 13.7 Å². The summed E-state index contributed by atoms with van der Waals surface area (Å²) >= 11 is 0. The molecule has 1 saturated heterocycles. The van der Waals surface area contributed by atoms with Crippen LogP contribution in [0.1, 0.15) is 39.5 Å². The van der Waals surface area contributed by atoms with Crippen molar-refractivity contribution in [2.45, 2.75) is 39.5 Å². The van der Waals surface area contributed by atoms with E-state index >= 15 is 0 Å². The first kappa shape index (κ1) is 19.6. The van der Waals surface area contributed by atoms with Crippen LogP contribution in [0.3, 0.4) is 0 Å². The first-order valence-electron chi connectivity index (χ1n) is 8.14. The summed E-state index contributed by atoms with van der Waals surface area (Å²) in [6, 6.07) is 0. The third-order valence-corrected chi connectivity index (χ3v) is 4.54. The summed E-state index contributed by atoms with van der Waals surface area (Å²) < 4.78 is 15.5. The maximum Gasteiger partial charge on any atom is 0.400 e. The van der Waals surface area contributed by atoms with Crippen LogP contribution >= 0.6 is 7.75 Å². The molecule has 3 N–H and O–H groups in total. The molecule has 1 fully saturated rings. The van der Waals surface area contributed by atoms with Gasteiger partial charge < -0.3 is 9.79 Å². The Bertz CT molecular complexity index is 374. The second-order valence-corrected chi connectivity index (χ2v) is 7.22. The molecule has 22 heavy (non-hydrogen) atoms. The molecule has 1 atom stereocenters. The maximum atomic E-state index is 12.5. The van der Waals surface area contributed by atoms with Crippen molar-refractivity contribution < 1.29 is 18.8 Å². The Morgan fingerprint density at radius 3 is 2.23 bits per heavy atom. The normalized spacial score (nSPS) is 19.4. The summed E-state index contributed by atoms with van der Waals surface area (Å²) in [5.41, 5.74) is 4.92. The number of piperazine rings is 1. The molecule has 0 bridgehead atoms.